The first-order valence-electron chi connectivity index (χ1n) is 12.0. The molecule has 1 atom stereocenters. The van der Waals surface area contributed by atoms with E-state index in [2.05, 4.69) is 83.5 Å². The molecule has 0 saturated carbocycles. The average molecular weight is 511 g/mol. The number of imidazole rings is 1. The van der Waals surface area contributed by atoms with Crippen molar-refractivity contribution in [3.8, 4) is 22.5 Å². The molecule has 6 nitrogen and oxygen atoms in total. The number of aromatic nitrogens is 2. The number of hydrogen-bond acceptors (Lipinski definition) is 4. The van der Waals surface area contributed by atoms with Crippen LogP contribution < -0.4 is 5.73 Å². The molecule has 1 aliphatic heterocycles. The number of halogens is 3. The number of H-pyrrole nitrogens is 1. The average Bonchev–Trinajstić information content (AvgIpc) is 3.52. The number of benzene rings is 3. The van der Waals surface area contributed by atoms with Crippen molar-refractivity contribution < 1.29 is 23.1 Å². The topological polar surface area (TPSA) is 95.2 Å². The highest BCUT2D eigenvalue weighted by Crippen LogP contribution is 2.28. The molecule has 1 aliphatic rings. The Bertz CT molecular complexity index is 1380. The lowest BCUT2D eigenvalue weighted by molar-refractivity contribution is -0.192. The van der Waals surface area contributed by atoms with Gasteiger partial charge in [-0.15, -0.1) is 0 Å². The van der Waals surface area contributed by atoms with Crippen LogP contribution in [0.3, 0.4) is 0 Å². The number of para-hydroxylation sites is 1. The van der Waals surface area contributed by atoms with E-state index in [9.17, 15) is 13.2 Å². The zero-order valence-corrected chi connectivity index (χ0v) is 20.4. The van der Waals surface area contributed by atoms with Gasteiger partial charge in [-0.2, -0.15) is 13.2 Å². The van der Waals surface area contributed by atoms with Gasteiger partial charge in [0.1, 0.15) is 5.82 Å². The molecule has 37 heavy (non-hydrogen) atoms. The van der Waals surface area contributed by atoms with E-state index in [1.807, 2.05) is 0 Å². The highest BCUT2D eigenvalue weighted by molar-refractivity contribution is 5.83. The number of fused-ring (bicyclic) bond motifs is 1. The molecule has 9 heteroatoms. The third-order valence-corrected chi connectivity index (χ3v) is 6.51. The molecule has 0 aliphatic carbocycles. The first-order chi connectivity index (χ1) is 17.7. The molecule has 1 aromatic heterocycles. The Kier molecular flexibility index (Phi) is 7.94. The number of likely N-dealkylation sites (tertiary alicyclic amines) is 1. The van der Waals surface area contributed by atoms with Crippen molar-refractivity contribution in [3.63, 3.8) is 0 Å². The van der Waals surface area contributed by atoms with E-state index < -0.39 is 12.1 Å². The fraction of sp³-hybridized carbons (Fsp3) is 0.286. The summed E-state index contributed by atoms with van der Waals surface area (Å²) in [5.74, 6) is -1.84. The van der Waals surface area contributed by atoms with E-state index in [-0.39, 0.29) is 0 Å². The molecule has 194 valence electrons. The van der Waals surface area contributed by atoms with Crippen molar-refractivity contribution in [1.82, 2.24) is 14.9 Å². The van der Waals surface area contributed by atoms with Gasteiger partial charge < -0.3 is 15.8 Å². The summed E-state index contributed by atoms with van der Waals surface area (Å²) in [4.78, 5) is 19.7. The largest absolute Gasteiger partial charge is 0.490 e. The predicted molar refractivity (Wildman–Crippen MR) is 138 cm³/mol. The standard InChI is InChI=1S/C26H28N4.C2HF3O2/c1-18-6-2-12-24-25(18)29-26(28-24)22-10-4-9-21(15-22)20-8-3-7-19(14-20)17-30-13-5-11-23(30)16-27;3-2(4,5)1(6)7/h2-4,6-10,12,14-15,23H,5,11,13,16-17,27H2,1H3,(H,28,29);(H,6,7). The van der Waals surface area contributed by atoms with Crippen LogP contribution in [0.5, 0.6) is 0 Å². The van der Waals surface area contributed by atoms with Crippen LogP contribution in [0.1, 0.15) is 24.0 Å². The lowest BCUT2D eigenvalue weighted by Gasteiger charge is -2.23. The van der Waals surface area contributed by atoms with E-state index in [1.54, 1.807) is 0 Å². The van der Waals surface area contributed by atoms with E-state index in [4.69, 9.17) is 20.6 Å². The highest BCUT2D eigenvalue weighted by Gasteiger charge is 2.38. The smallest absolute Gasteiger partial charge is 0.475 e. The Morgan fingerprint density at radius 1 is 1.08 bits per heavy atom. The Hall–Kier alpha value is -3.69. The van der Waals surface area contributed by atoms with Gasteiger partial charge in [-0.05, 0) is 66.8 Å². The molecule has 4 aromatic rings. The summed E-state index contributed by atoms with van der Waals surface area (Å²) >= 11 is 0. The van der Waals surface area contributed by atoms with Crippen molar-refractivity contribution in [1.29, 1.82) is 0 Å². The molecule has 0 bridgehead atoms. The number of aromatic amines is 1. The number of carbonyl (C=O) groups is 1. The fourth-order valence-corrected chi connectivity index (χ4v) is 4.61. The molecule has 2 heterocycles. The Labute approximate surface area is 212 Å². The predicted octanol–water partition coefficient (Wildman–Crippen LogP) is 5.76. The Morgan fingerprint density at radius 3 is 2.41 bits per heavy atom. The van der Waals surface area contributed by atoms with Gasteiger partial charge in [0.25, 0.3) is 0 Å². The molecule has 0 spiro atoms. The van der Waals surface area contributed by atoms with Gasteiger partial charge in [-0.25, -0.2) is 9.78 Å². The summed E-state index contributed by atoms with van der Waals surface area (Å²) in [5, 5.41) is 7.12. The molecule has 0 radical (unpaired) electrons. The maximum absolute atomic E-state index is 10.6. The molecule has 0 amide bonds. The van der Waals surface area contributed by atoms with E-state index in [0.29, 0.717) is 6.04 Å². The second kappa shape index (κ2) is 11.1. The summed E-state index contributed by atoms with van der Waals surface area (Å²) in [6.45, 7) is 4.97. The molecule has 3 aromatic carbocycles. The number of carboxylic acids is 1. The van der Waals surface area contributed by atoms with Crippen molar-refractivity contribution in [2.75, 3.05) is 13.1 Å². The second-order valence-corrected chi connectivity index (χ2v) is 9.14. The van der Waals surface area contributed by atoms with Gasteiger partial charge in [-0.3, -0.25) is 4.90 Å². The van der Waals surface area contributed by atoms with Crippen molar-refractivity contribution >= 4 is 17.0 Å². The SMILES string of the molecule is Cc1cccc2[nH]c(-c3cccc(-c4cccc(CN5CCCC5CN)c4)c3)nc12.O=C(O)C(F)(F)F. The van der Waals surface area contributed by atoms with Crippen LogP contribution in [0.25, 0.3) is 33.5 Å². The van der Waals surface area contributed by atoms with Crippen LogP contribution in [0.15, 0.2) is 66.7 Å². The number of nitrogens with two attached hydrogens (primary N) is 1. The van der Waals surface area contributed by atoms with Crippen LogP contribution in [0, 0.1) is 6.92 Å². The van der Waals surface area contributed by atoms with Crippen molar-refractivity contribution in [2.24, 2.45) is 5.73 Å². The monoisotopic (exact) mass is 510 g/mol. The first kappa shape index (κ1) is 26.4. The minimum Gasteiger partial charge on any atom is -0.475 e. The van der Waals surface area contributed by atoms with Gasteiger partial charge in [-0.1, -0.05) is 48.5 Å². The quantitative estimate of drug-likeness (QED) is 0.317. The van der Waals surface area contributed by atoms with Crippen LogP contribution >= 0.6 is 0 Å². The first-order valence-corrected chi connectivity index (χ1v) is 12.0. The van der Waals surface area contributed by atoms with Gasteiger partial charge in [0.15, 0.2) is 0 Å². The van der Waals surface area contributed by atoms with E-state index in [0.717, 1.165) is 42.1 Å². The molecule has 1 saturated heterocycles. The molecule has 1 fully saturated rings. The number of nitrogens with zero attached hydrogens (tertiary/aromatic N) is 2. The lowest BCUT2D eigenvalue weighted by atomic mass is 10.0. The maximum Gasteiger partial charge on any atom is 0.490 e. The zero-order chi connectivity index (χ0) is 26.6. The van der Waals surface area contributed by atoms with E-state index >= 15 is 0 Å². The number of aliphatic carboxylic acids is 1. The Balaban J connectivity index is 0.000000405. The summed E-state index contributed by atoms with van der Waals surface area (Å²) < 4.78 is 31.7. The number of rotatable bonds is 5. The number of carboxylic acid groups (broad SMARTS) is 1. The summed E-state index contributed by atoms with van der Waals surface area (Å²) in [5.41, 5.74) is 14.2. The lowest BCUT2D eigenvalue weighted by Crippen LogP contribution is -2.34. The number of aryl methyl sites for hydroxylation is 1. The van der Waals surface area contributed by atoms with Gasteiger partial charge in [0.05, 0.1) is 11.0 Å². The van der Waals surface area contributed by atoms with Gasteiger partial charge in [0, 0.05) is 24.7 Å². The minimum absolute atomic E-state index is 0.522. The molecular formula is C28H29F3N4O2. The summed E-state index contributed by atoms with van der Waals surface area (Å²) in [6.07, 6.45) is -2.62. The van der Waals surface area contributed by atoms with Crippen LogP contribution in [0.4, 0.5) is 13.2 Å². The van der Waals surface area contributed by atoms with Crippen LogP contribution in [-0.4, -0.2) is 51.3 Å². The second-order valence-electron chi connectivity index (χ2n) is 9.14. The van der Waals surface area contributed by atoms with Crippen LogP contribution in [-0.2, 0) is 11.3 Å². The molecular weight excluding hydrogens is 481 g/mol. The fourth-order valence-electron chi connectivity index (χ4n) is 4.61. The molecule has 5 rings (SSSR count). The van der Waals surface area contributed by atoms with Gasteiger partial charge >= 0.3 is 12.1 Å². The zero-order valence-electron chi connectivity index (χ0n) is 20.4. The molecule has 1 unspecified atom stereocenters. The number of hydrogen-bond donors (Lipinski definition) is 3. The molecule has 4 N–H and O–H groups in total. The highest BCUT2D eigenvalue weighted by atomic mass is 19.4. The van der Waals surface area contributed by atoms with Crippen LogP contribution in [0.2, 0.25) is 0 Å². The summed E-state index contributed by atoms with van der Waals surface area (Å²) in [6, 6.07) is 24.3. The normalized spacial score (nSPS) is 16.0. The Morgan fingerprint density at radius 2 is 1.73 bits per heavy atom. The third-order valence-electron chi connectivity index (χ3n) is 6.51. The van der Waals surface area contributed by atoms with Crippen molar-refractivity contribution in [2.45, 2.75) is 38.5 Å². The third kappa shape index (κ3) is 6.36. The number of alkyl halides is 3. The number of nitrogens with one attached hydrogen (secondary N) is 1. The maximum atomic E-state index is 10.6. The van der Waals surface area contributed by atoms with E-state index in [1.165, 1.54) is 35.1 Å². The van der Waals surface area contributed by atoms with Crippen molar-refractivity contribution in [3.05, 3.63) is 77.9 Å². The van der Waals surface area contributed by atoms with Gasteiger partial charge in [0.2, 0.25) is 0 Å². The minimum atomic E-state index is -5.08. The summed E-state index contributed by atoms with van der Waals surface area (Å²) in [7, 11) is 0.